The van der Waals surface area contributed by atoms with Crippen molar-refractivity contribution in [3.63, 3.8) is 0 Å². The predicted molar refractivity (Wildman–Crippen MR) is 70.0 cm³/mol. The first kappa shape index (κ1) is 10.8. The van der Waals surface area contributed by atoms with Crippen LogP contribution in [0.25, 0.3) is 11.0 Å². The molecule has 3 rings (SSSR count). The maximum absolute atomic E-state index is 5.84. The van der Waals surface area contributed by atoms with E-state index in [1.807, 2.05) is 0 Å². The van der Waals surface area contributed by atoms with Gasteiger partial charge in [0.1, 0.15) is 5.82 Å². The van der Waals surface area contributed by atoms with Gasteiger partial charge in [-0.3, -0.25) is 0 Å². The second-order valence-electron chi connectivity index (χ2n) is 5.13. The Balaban J connectivity index is 2.00. The SMILES string of the molecule is CC(N)CCc1nc2ccccc2n1C1CC1. The van der Waals surface area contributed by atoms with Crippen LogP contribution < -0.4 is 5.73 Å². The van der Waals surface area contributed by atoms with E-state index in [4.69, 9.17) is 10.7 Å². The molecule has 90 valence electrons. The molecule has 3 nitrogen and oxygen atoms in total. The van der Waals surface area contributed by atoms with Crippen LogP contribution >= 0.6 is 0 Å². The minimum absolute atomic E-state index is 0.252. The fourth-order valence-corrected chi connectivity index (χ4v) is 2.37. The van der Waals surface area contributed by atoms with Crippen molar-refractivity contribution in [2.24, 2.45) is 5.73 Å². The molecule has 1 saturated carbocycles. The number of nitrogens with zero attached hydrogens (tertiary/aromatic N) is 2. The molecule has 0 radical (unpaired) electrons. The Morgan fingerprint density at radius 3 is 2.88 bits per heavy atom. The van der Waals surface area contributed by atoms with E-state index >= 15 is 0 Å². The van der Waals surface area contributed by atoms with E-state index in [2.05, 4.69) is 35.8 Å². The number of aromatic nitrogens is 2. The van der Waals surface area contributed by atoms with E-state index in [-0.39, 0.29) is 6.04 Å². The van der Waals surface area contributed by atoms with Gasteiger partial charge < -0.3 is 10.3 Å². The summed E-state index contributed by atoms with van der Waals surface area (Å²) < 4.78 is 2.43. The maximum atomic E-state index is 5.84. The Bertz CT molecular complexity index is 523. The molecular formula is C14H19N3. The first-order valence-corrected chi connectivity index (χ1v) is 6.47. The molecule has 1 fully saturated rings. The number of hydrogen-bond acceptors (Lipinski definition) is 2. The number of aryl methyl sites for hydroxylation is 1. The quantitative estimate of drug-likeness (QED) is 0.876. The second kappa shape index (κ2) is 4.15. The van der Waals surface area contributed by atoms with Crippen LogP contribution in [0.5, 0.6) is 0 Å². The van der Waals surface area contributed by atoms with Crippen LogP contribution in [0, 0.1) is 0 Å². The highest BCUT2D eigenvalue weighted by atomic mass is 15.1. The summed E-state index contributed by atoms with van der Waals surface area (Å²) in [5.74, 6) is 1.21. The summed E-state index contributed by atoms with van der Waals surface area (Å²) in [6.45, 7) is 2.06. The second-order valence-corrected chi connectivity index (χ2v) is 5.13. The smallest absolute Gasteiger partial charge is 0.110 e. The summed E-state index contributed by atoms with van der Waals surface area (Å²) in [7, 11) is 0. The molecule has 1 heterocycles. The minimum atomic E-state index is 0.252. The van der Waals surface area contributed by atoms with Crippen molar-refractivity contribution in [1.82, 2.24) is 9.55 Å². The van der Waals surface area contributed by atoms with Gasteiger partial charge in [-0.1, -0.05) is 12.1 Å². The van der Waals surface area contributed by atoms with Gasteiger partial charge in [0.25, 0.3) is 0 Å². The molecule has 3 heteroatoms. The molecule has 0 spiro atoms. The van der Waals surface area contributed by atoms with E-state index in [1.165, 1.54) is 24.2 Å². The monoisotopic (exact) mass is 229 g/mol. The van der Waals surface area contributed by atoms with Gasteiger partial charge in [0, 0.05) is 18.5 Å². The Morgan fingerprint density at radius 2 is 2.18 bits per heavy atom. The van der Waals surface area contributed by atoms with Crippen molar-refractivity contribution in [3.05, 3.63) is 30.1 Å². The first-order valence-electron chi connectivity index (χ1n) is 6.47. The molecule has 1 aromatic heterocycles. The van der Waals surface area contributed by atoms with Crippen molar-refractivity contribution in [2.45, 2.75) is 44.7 Å². The number of fused-ring (bicyclic) bond motifs is 1. The van der Waals surface area contributed by atoms with Gasteiger partial charge >= 0.3 is 0 Å². The van der Waals surface area contributed by atoms with Crippen LogP contribution in [0.15, 0.2) is 24.3 Å². The Hall–Kier alpha value is -1.35. The zero-order chi connectivity index (χ0) is 11.8. The number of para-hydroxylation sites is 2. The van der Waals surface area contributed by atoms with Crippen molar-refractivity contribution >= 4 is 11.0 Å². The Morgan fingerprint density at radius 1 is 1.41 bits per heavy atom. The average Bonchev–Trinajstić information content (AvgIpc) is 3.07. The summed E-state index contributed by atoms with van der Waals surface area (Å²) in [6.07, 6.45) is 4.59. The standard InChI is InChI=1S/C14H19N3/c1-10(15)6-9-14-16-12-4-2-3-5-13(12)17(14)11-7-8-11/h2-5,10-11H,6-9,15H2,1H3. The van der Waals surface area contributed by atoms with Gasteiger partial charge in [-0.05, 0) is 38.3 Å². The molecule has 0 bridgehead atoms. The third-order valence-electron chi connectivity index (χ3n) is 3.40. The molecule has 0 aliphatic heterocycles. The van der Waals surface area contributed by atoms with Crippen molar-refractivity contribution < 1.29 is 0 Å². The van der Waals surface area contributed by atoms with Crippen molar-refractivity contribution in [1.29, 1.82) is 0 Å². The highest BCUT2D eigenvalue weighted by Gasteiger charge is 2.27. The summed E-state index contributed by atoms with van der Waals surface area (Å²) in [4.78, 5) is 4.75. The third kappa shape index (κ3) is 2.07. The molecule has 0 amide bonds. The molecule has 1 unspecified atom stereocenters. The van der Waals surface area contributed by atoms with Gasteiger partial charge in [0.05, 0.1) is 11.0 Å². The average molecular weight is 229 g/mol. The first-order chi connectivity index (χ1) is 8.25. The van der Waals surface area contributed by atoms with Gasteiger partial charge in [0.15, 0.2) is 0 Å². The number of nitrogens with two attached hydrogens (primary N) is 1. The lowest BCUT2D eigenvalue weighted by molar-refractivity contribution is 0.615. The van der Waals surface area contributed by atoms with Crippen LogP contribution in [0.2, 0.25) is 0 Å². The van der Waals surface area contributed by atoms with E-state index in [1.54, 1.807) is 0 Å². The largest absolute Gasteiger partial charge is 0.328 e. The fourth-order valence-electron chi connectivity index (χ4n) is 2.37. The molecule has 1 aromatic carbocycles. The van der Waals surface area contributed by atoms with Crippen molar-refractivity contribution in [2.75, 3.05) is 0 Å². The Labute approximate surface area is 102 Å². The van der Waals surface area contributed by atoms with Crippen molar-refractivity contribution in [3.8, 4) is 0 Å². The molecule has 1 aliphatic carbocycles. The van der Waals surface area contributed by atoms with E-state index in [0.29, 0.717) is 6.04 Å². The molecule has 0 saturated heterocycles. The predicted octanol–water partition coefficient (Wildman–Crippen LogP) is 2.65. The highest BCUT2D eigenvalue weighted by molar-refractivity contribution is 5.76. The molecule has 2 N–H and O–H groups in total. The van der Waals surface area contributed by atoms with Crippen LogP contribution in [-0.4, -0.2) is 15.6 Å². The molecule has 2 aromatic rings. The molecule has 17 heavy (non-hydrogen) atoms. The number of imidazole rings is 1. The minimum Gasteiger partial charge on any atom is -0.328 e. The third-order valence-corrected chi connectivity index (χ3v) is 3.40. The fraction of sp³-hybridized carbons (Fsp3) is 0.500. The number of benzene rings is 1. The lowest BCUT2D eigenvalue weighted by Crippen LogP contribution is -2.16. The molecular weight excluding hydrogens is 210 g/mol. The topological polar surface area (TPSA) is 43.8 Å². The summed E-state index contributed by atoms with van der Waals surface area (Å²) in [5.41, 5.74) is 8.25. The van der Waals surface area contributed by atoms with Gasteiger partial charge in [-0.25, -0.2) is 4.98 Å². The normalized spacial score (nSPS) is 17.5. The molecule has 1 aliphatic rings. The Kier molecular flexibility index (Phi) is 2.63. The van der Waals surface area contributed by atoms with Gasteiger partial charge in [-0.2, -0.15) is 0 Å². The zero-order valence-corrected chi connectivity index (χ0v) is 10.3. The summed E-state index contributed by atoms with van der Waals surface area (Å²) in [6, 6.07) is 9.37. The highest BCUT2D eigenvalue weighted by Crippen LogP contribution is 2.38. The number of hydrogen-bond donors (Lipinski definition) is 1. The van der Waals surface area contributed by atoms with Gasteiger partial charge in [0.2, 0.25) is 0 Å². The number of rotatable bonds is 4. The van der Waals surface area contributed by atoms with Crippen LogP contribution in [-0.2, 0) is 6.42 Å². The van der Waals surface area contributed by atoms with E-state index < -0.39 is 0 Å². The molecule has 1 atom stereocenters. The lowest BCUT2D eigenvalue weighted by Gasteiger charge is -2.08. The van der Waals surface area contributed by atoms with Gasteiger partial charge in [-0.15, -0.1) is 0 Å². The zero-order valence-electron chi connectivity index (χ0n) is 10.3. The lowest BCUT2D eigenvalue weighted by atomic mass is 10.2. The van der Waals surface area contributed by atoms with Crippen LogP contribution in [0.1, 0.15) is 38.1 Å². The van der Waals surface area contributed by atoms with Crippen LogP contribution in [0.3, 0.4) is 0 Å². The van der Waals surface area contributed by atoms with E-state index in [0.717, 1.165) is 18.4 Å². The summed E-state index contributed by atoms with van der Waals surface area (Å²) >= 11 is 0. The summed E-state index contributed by atoms with van der Waals surface area (Å²) in [5, 5.41) is 0. The maximum Gasteiger partial charge on any atom is 0.110 e. The van der Waals surface area contributed by atoms with E-state index in [9.17, 15) is 0 Å². The van der Waals surface area contributed by atoms with Crippen LogP contribution in [0.4, 0.5) is 0 Å².